The second-order valence-corrected chi connectivity index (χ2v) is 8.44. The molecular weight excluding hydrogens is 372 g/mol. The van der Waals surface area contributed by atoms with Crippen LogP contribution in [0.5, 0.6) is 0 Å². The number of nitrogens with zero attached hydrogens (tertiary/aromatic N) is 5. The maximum absolute atomic E-state index is 12.7. The topological polar surface area (TPSA) is 92.6 Å². The summed E-state index contributed by atoms with van der Waals surface area (Å²) in [6.07, 6.45) is 3.05. The molecule has 1 unspecified atom stereocenters. The number of pyridine rings is 1. The minimum Gasteiger partial charge on any atom is -0.444 e. The summed E-state index contributed by atoms with van der Waals surface area (Å²) in [6.45, 7) is 8.84. The van der Waals surface area contributed by atoms with Gasteiger partial charge in [0, 0.05) is 12.7 Å². The molecule has 4 rings (SSSR count). The number of hydrogen-bond acceptors (Lipinski definition) is 5. The summed E-state index contributed by atoms with van der Waals surface area (Å²) in [6, 6.07) is 5.17. The molecule has 2 aliphatic rings. The minimum atomic E-state index is -0.573. The molecule has 1 saturated heterocycles. The molecule has 2 aromatic rings. The van der Waals surface area contributed by atoms with Gasteiger partial charge in [-0.2, -0.15) is 5.10 Å². The van der Waals surface area contributed by atoms with Crippen LogP contribution in [0.1, 0.15) is 45.1 Å². The number of carbonyl (C=O) groups excluding carboxylic acids is 2. The first kappa shape index (κ1) is 19.2. The van der Waals surface area contributed by atoms with Gasteiger partial charge in [0.05, 0.1) is 48.4 Å². The predicted octanol–water partition coefficient (Wildman–Crippen LogP) is 2.69. The van der Waals surface area contributed by atoms with Gasteiger partial charge < -0.3 is 10.1 Å². The normalized spacial score (nSPS) is 21.7. The van der Waals surface area contributed by atoms with Crippen molar-refractivity contribution in [1.82, 2.24) is 25.0 Å². The lowest BCUT2D eigenvalue weighted by molar-refractivity contribution is 0.00913. The highest BCUT2D eigenvalue weighted by Gasteiger charge is 2.39. The van der Waals surface area contributed by atoms with E-state index in [9.17, 15) is 9.59 Å². The number of nitrogens with one attached hydrogen (secondary N) is 1. The van der Waals surface area contributed by atoms with Crippen LogP contribution in [0, 0.1) is 0 Å². The van der Waals surface area contributed by atoms with Gasteiger partial charge in [-0.25, -0.2) is 9.59 Å². The lowest BCUT2D eigenvalue weighted by Crippen LogP contribution is -2.47. The lowest BCUT2D eigenvalue weighted by Gasteiger charge is -2.36. The van der Waals surface area contributed by atoms with Gasteiger partial charge in [0.15, 0.2) is 0 Å². The first-order valence-electron chi connectivity index (χ1n) is 9.77. The van der Waals surface area contributed by atoms with E-state index in [0.717, 1.165) is 11.4 Å². The second-order valence-electron chi connectivity index (χ2n) is 8.44. The predicted molar refractivity (Wildman–Crippen MR) is 106 cm³/mol. The summed E-state index contributed by atoms with van der Waals surface area (Å²) in [5.41, 5.74) is 1.73. The van der Waals surface area contributed by atoms with Gasteiger partial charge in [-0.15, -0.1) is 0 Å². The zero-order valence-electron chi connectivity index (χ0n) is 17.1. The Morgan fingerprint density at radius 1 is 1.31 bits per heavy atom. The van der Waals surface area contributed by atoms with Crippen LogP contribution < -0.4 is 10.2 Å². The summed E-state index contributed by atoms with van der Waals surface area (Å²) in [4.78, 5) is 33.2. The zero-order chi connectivity index (χ0) is 20.8. The van der Waals surface area contributed by atoms with Gasteiger partial charge >= 0.3 is 12.1 Å². The fraction of sp³-hybridized carbons (Fsp3) is 0.500. The average molecular weight is 398 g/mol. The zero-order valence-corrected chi connectivity index (χ0v) is 17.1. The molecule has 0 radical (unpaired) electrons. The van der Waals surface area contributed by atoms with E-state index in [0.29, 0.717) is 25.3 Å². The number of ether oxygens (including phenoxy) is 1. The van der Waals surface area contributed by atoms with Gasteiger partial charge in [-0.05, 0) is 39.8 Å². The molecule has 0 spiro atoms. The number of fused-ring (bicyclic) bond motifs is 1. The summed E-state index contributed by atoms with van der Waals surface area (Å²) >= 11 is 0. The number of urea groups is 1. The number of rotatable bonds is 2. The highest BCUT2D eigenvalue weighted by atomic mass is 16.6. The Kier molecular flexibility index (Phi) is 4.68. The Morgan fingerprint density at radius 3 is 2.79 bits per heavy atom. The number of amides is 3. The van der Waals surface area contributed by atoms with Crippen LogP contribution in [-0.2, 0) is 17.8 Å². The molecule has 1 fully saturated rings. The first-order chi connectivity index (χ1) is 13.7. The first-order valence-corrected chi connectivity index (χ1v) is 9.77. The van der Waals surface area contributed by atoms with Crippen LogP contribution in [0.2, 0.25) is 0 Å². The van der Waals surface area contributed by atoms with E-state index in [2.05, 4.69) is 15.4 Å². The Bertz CT molecular complexity index is 920. The maximum Gasteiger partial charge on any atom is 0.410 e. The molecule has 0 aliphatic carbocycles. The van der Waals surface area contributed by atoms with E-state index in [1.165, 1.54) is 0 Å². The molecule has 4 heterocycles. The van der Waals surface area contributed by atoms with Crippen LogP contribution in [0.25, 0.3) is 0 Å². The molecule has 0 aromatic carbocycles. The second kappa shape index (κ2) is 7.06. The fourth-order valence-corrected chi connectivity index (χ4v) is 3.74. The molecule has 9 nitrogen and oxygen atoms in total. The maximum atomic E-state index is 12.7. The van der Waals surface area contributed by atoms with Gasteiger partial charge in [0.25, 0.3) is 0 Å². The van der Waals surface area contributed by atoms with Crippen molar-refractivity contribution in [3.8, 4) is 0 Å². The standard InChI is InChI=1S/C20H26N6O3/c1-13-11-25-17(12-24(13)19(28)29-20(2,3)4)16(10-23-25)26-15(9-22-18(26)27)14-7-5-6-8-21-14/h5-8,10,13,15H,9,11-12H2,1-4H3,(H,22,27)/t13-,15?/m0/s1. The van der Waals surface area contributed by atoms with Crippen molar-refractivity contribution in [3.05, 3.63) is 42.0 Å². The Balaban J connectivity index is 1.65. The van der Waals surface area contributed by atoms with Crippen molar-refractivity contribution in [2.75, 3.05) is 11.4 Å². The van der Waals surface area contributed by atoms with E-state index in [1.807, 2.05) is 50.6 Å². The molecule has 154 valence electrons. The summed E-state index contributed by atoms with van der Waals surface area (Å²) in [5, 5.41) is 7.37. The van der Waals surface area contributed by atoms with Crippen molar-refractivity contribution >= 4 is 17.8 Å². The smallest absolute Gasteiger partial charge is 0.410 e. The fourth-order valence-electron chi connectivity index (χ4n) is 3.74. The largest absolute Gasteiger partial charge is 0.444 e. The van der Waals surface area contributed by atoms with Crippen LogP contribution in [0.4, 0.5) is 15.3 Å². The highest BCUT2D eigenvalue weighted by molar-refractivity contribution is 5.95. The number of aromatic nitrogens is 3. The third-order valence-corrected chi connectivity index (χ3v) is 5.11. The van der Waals surface area contributed by atoms with Crippen LogP contribution in [0.15, 0.2) is 30.6 Å². The third kappa shape index (κ3) is 3.64. The molecule has 2 aliphatic heterocycles. The van der Waals surface area contributed by atoms with Crippen molar-refractivity contribution < 1.29 is 14.3 Å². The van der Waals surface area contributed by atoms with E-state index in [4.69, 9.17) is 4.74 Å². The monoisotopic (exact) mass is 398 g/mol. The van der Waals surface area contributed by atoms with Crippen molar-refractivity contribution in [3.63, 3.8) is 0 Å². The van der Waals surface area contributed by atoms with Crippen molar-refractivity contribution in [2.24, 2.45) is 0 Å². The van der Waals surface area contributed by atoms with Gasteiger partial charge in [-0.1, -0.05) is 6.07 Å². The molecular formula is C20H26N6O3. The van der Waals surface area contributed by atoms with Crippen molar-refractivity contribution in [2.45, 2.75) is 58.5 Å². The Labute approximate surface area is 169 Å². The molecule has 3 amide bonds. The molecule has 0 bridgehead atoms. The van der Waals surface area contributed by atoms with Gasteiger partial charge in [0.2, 0.25) is 0 Å². The highest BCUT2D eigenvalue weighted by Crippen LogP contribution is 2.34. The minimum absolute atomic E-state index is 0.0657. The average Bonchev–Trinajstić information content (AvgIpc) is 3.22. The molecule has 1 N–H and O–H groups in total. The van der Waals surface area contributed by atoms with Gasteiger partial charge in [-0.3, -0.25) is 19.5 Å². The molecule has 2 aromatic heterocycles. The molecule has 0 saturated carbocycles. The molecule has 29 heavy (non-hydrogen) atoms. The van der Waals surface area contributed by atoms with Crippen LogP contribution >= 0.6 is 0 Å². The van der Waals surface area contributed by atoms with E-state index in [1.54, 1.807) is 22.2 Å². The number of anilines is 1. The molecule has 9 heteroatoms. The quantitative estimate of drug-likeness (QED) is 0.840. The van der Waals surface area contributed by atoms with E-state index in [-0.39, 0.29) is 24.2 Å². The Hall–Kier alpha value is -3.10. The summed E-state index contributed by atoms with van der Waals surface area (Å²) in [5.74, 6) is 0. The number of hydrogen-bond donors (Lipinski definition) is 1. The van der Waals surface area contributed by atoms with E-state index >= 15 is 0 Å². The molecule has 2 atom stereocenters. The Morgan fingerprint density at radius 2 is 2.10 bits per heavy atom. The summed E-state index contributed by atoms with van der Waals surface area (Å²) < 4.78 is 7.43. The van der Waals surface area contributed by atoms with Crippen LogP contribution in [0.3, 0.4) is 0 Å². The van der Waals surface area contributed by atoms with E-state index < -0.39 is 5.60 Å². The lowest BCUT2D eigenvalue weighted by atomic mass is 10.1. The van der Waals surface area contributed by atoms with Crippen LogP contribution in [-0.4, -0.2) is 50.0 Å². The van der Waals surface area contributed by atoms with Crippen molar-refractivity contribution in [1.29, 1.82) is 0 Å². The summed E-state index contributed by atoms with van der Waals surface area (Å²) in [7, 11) is 0. The SMILES string of the molecule is C[C@H]1Cn2ncc(N3C(=O)NCC3c3ccccn3)c2CN1C(=O)OC(C)(C)C. The van der Waals surface area contributed by atoms with Gasteiger partial charge in [0.1, 0.15) is 5.60 Å². The number of carbonyl (C=O) groups is 2. The third-order valence-electron chi connectivity index (χ3n) is 5.11.